The van der Waals surface area contributed by atoms with Gasteiger partial charge in [0.2, 0.25) is 17.7 Å². The molecule has 4 aromatic rings. The highest BCUT2D eigenvalue weighted by Crippen LogP contribution is 2.23. The average molecular weight is 882 g/mol. The van der Waals surface area contributed by atoms with E-state index in [1.807, 2.05) is 30.3 Å². The van der Waals surface area contributed by atoms with Crippen molar-refractivity contribution in [1.82, 2.24) is 21.3 Å². The Balaban J connectivity index is 1.32. The maximum Gasteiger partial charge on any atom is 0.408 e. The normalized spacial score (nSPS) is 12.3. The van der Waals surface area contributed by atoms with Crippen LogP contribution in [-0.4, -0.2) is 86.5 Å². The van der Waals surface area contributed by atoms with Crippen LogP contribution in [0.1, 0.15) is 85.7 Å². The predicted molar refractivity (Wildman–Crippen MR) is 246 cm³/mol. The summed E-state index contributed by atoms with van der Waals surface area (Å²) in [4.78, 5) is 66.8. The van der Waals surface area contributed by atoms with Gasteiger partial charge in [-0.25, -0.2) is 9.59 Å². The van der Waals surface area contributed by atoms with E-state index in [1.165, 1.54) is 0 Å². The molecule has 17 nitrogen and oxygen atoms in total. The number of carbonyl (C=O) groups excluding carboxylic acids is 5. The molecule has 13 N–H and O–H groups in total. The van der Waals surface area contributed by atoms with Crippen LogP contribution in [0.5, 0.6) is 11.5 Å². The van der Waals surface area contributed by atoms with Gasteiger partial charge in [0.1, 0.15) is 48.7 Å². The molecule has 0 aliphatic carbocycles. The number of fused-ring (bicyclic) bond motifs is 1. The van der Waals surface area contributed by atoms with Gasteiger partial charge in [-0.2, -0.15) is 0 Å². The van der Waals surface area contributed by atoms with Gasteiger partial charge in [-0.1, -0.05) is 61.4 Å². The first kappa shape index (κ1) is 50.1. The predicted octanol–water partition coefficient (Wildman–Crippen LogP) is 3.88. The molecule has 344 valence electrons. The zero-order valence-electron chi connectivity index (χ0n) is 36.3. The molecule has 0 fully saturated rings. The van der Waals surface area contributed by atoms with Crippen molar-refractivity contribution >= 4 is 46.4 Å². The third kappa shape index (κ3) is 17.3. The number of alkyl carbamates (subject to hydrolysis) is 1. The van der Waals surface area contributed by atoms with Gasteiger partial charge >= 0.3 is 12.1 Å². The van der Waals surface area contributed by atoms with Crippen molar-refractivity contribution in [2.75, 3.05) is 32.8 Å². The van der Waals surface area contributed by atoms with Gasteiger partial charge in [0.25, 0.3) is 0 Å². The summed E-state index contributed by atoms with van der Waals surface area (Å²) >= 11 is 0. The maximum absolute atomic E-state index is 13.8. The summed E-state index contributed by atoms with van der Waals surface area (Å²) in [6.45, 7) is 1.51. The van der Waals surface area contributed by atoms with Crippen LogP contribution in [0.4, 0.5) is 4.79 Å². The van der Waals surface area contributed by atoms with E-state index in [2.05, 4.69) is 21.3 Å². The minimum atomic E-state index is -1.02. The lowest BCUT2D eigenvalue weighted by Crippen LogP contribution is -2.56. The zero-order chi connectivity index (χ0) is 46.1. The first-order valence-electron chi connectivity index (χ1n) is 21.8. The van der Waals surface area contributed by atoms with E-state index in [9.17, 15) is 24.0 Å². The van der Waals surface area contributed by atoms with Crippen LogP contribution < -0.4 is 53.7 Å². The van der Waals surface area contributed by atoms with E-state index in [4.69, 9.17) is 42.6 Å². The number of benzene rings is 4. The fraction of sp³-hybridized carbons (Fsp3) is 0.404. The minimum absolute atomic E-state index is 0.0183. The quantitative estimate of drug-likeness (QED) is 0.0129. The van der Waals surface area contributed by atoms with Gasteiger partial charge in [0, 0.05) is 5.56 Å². The monoisotopic (exact) mass is 881 g/mol. The maximum atomic E-state index is 13.8. The third-order valence-electron chi connectivity index (χ3n) is 10.3. The van der Waals surface area contributed by atoms with Crippen molar-refractivity contribution < 1.29 is 38.2 Å². The molecule has 0 heterocycles. The fourth-order valence-electron chi connectivity index (χ4n) is 6.69. The number of ether oxygens (including phenoxy) is 3. The Morgan fingerprint density at radius 3 is 1.73 bits per heavy atom. The molecule has 0 aliphatic rings. The molecule has 0 unspecified atom stereocenters. The van der Waals surface area contributed by atoms with Crippen LogP contribution in [0.25, 0.3) is 10.8 Å². The highest BCUT2D eigenvalue weighted by Gasteiger charge is 2.29. The van der Waals surface area contributed by atoms with E-state index < -0.39 is 47.9 Å². The molecule has 0 saturated heterocycles. The molecule has 4 amide bonds. The minimum Gasteiger partial charge on any atom is -0.492 e. The van der Waals surface area contributed by atoms with Crippen molar-refractivity contribution in [3.63, 3.8) is 0 Å². The van der Waals surface area contributed by atoms with Crippen molar-refractivity contribution in [2.45, 2.75) is 88.9 Å². The second-order valence-electron chi connectivity index (χ2n) is 15.3. The Hall–Kier alpha value is -6.56. The smallest absolute Gasteiger partial charge is 0.408 e. The largest absolute Gasteiger partial charge is 0.492 e. The van der Waals surface area contributed by atoms with Gasteiger partial charge in [-0.05, 0) is 130 Å². The van der Waals surface area contributed by atoms with Gasteiger partial charge in [-0.3, -0.25) is 19.8 Å². The summed E-state index contributed by atoms with van der Waals surface area (Å²) in [7, 11) is 0. The van der Waals surface area contributed by atoms with E-state index in [0.717, 1.165) is 29.2 Å². The molecule has 0 spiro atoms. The average Bonchev–Trinajstić information content (AvgIpc) is 3.30. The molecule has 64 heavy (non-hydrogen) atoms. The number of nitrogens with one attached hydrogen (secondary N) is 5. The number of unbranched alkanes of at least 4 members (excludes halogenated alkanes) is 4. The first-order valence-corrected chi connectivity index (χ1v) is 21.8. The molecule has 4 rings (SSSR count). The summed E-state index contributed by atoms with van der Waals surface area (Å²) < 4.78 is 16.8. The SMILES string of the molecule is N=C(N)c1ccc2cc(OC(=O)c3ccc(OCCNC(=O)[C@H](CCCCN)NC(=O)[C@H](CCCCN)NC(=O)[C@H](CCCCCN)NC(=O)OCc4ccccc4)cc3)ccc2c1. The van der Waals surface area contributed by atoms with E-state index >= 15 is 0 Å². The number of rotatable bonds is 28. The Kier molecular flexibility index (Phi) is 21.5. The molecule has 0 radical (unpaired) electrons. The number of hydrogen-bond donors (Lipinski definition) is 9. The number of amides is 4. The van der Waals surface area contributed by atoms with Gasteiger partial charge in [-0.15, -0.1) is 0 Å². The van der Waals surface area contributed by atoms with E-state index in [-0.39, 0.29) is 32.0 Å². The molecule has 4 aromatic carbocycles. The van der Waals surface area contributed by atoms with Crippen LogP contribution in [0.3, 0.4) is 0 Å². The molecule has 0 bridgehead atoms. The van der Waals surface area contributed by atoms with Crippen LogP contribution in [-0.2, 0) is 25.7 Å². The van der Waals surface area contributed by atoms with Gasteiger partial charge < -0.3 is 58.4 Å². The first-order chi connectivity index (χ1) is 31.0. The Labute approximate surface area is 374 Å². The second-order valence-corrected chi connectivity index (χ2v) is 15.3. The van der Waals surface area contributed by atoms with Crippen LogP contribution in [0, 0.1) is 5.41 Å². The summed E-state index contributed by atoms with van der Waals surface area (Å²) in [5, 5.41) is 20.4. The van der Waals surface area contributed by atoms with Crippen molar-refractivity contribution in [1.29, 1.82) is 5.41 Å². The topological polar surface area (TPSA) is 289 Å². The fourth-order valence-corrected chi connectivity index (χ4v) is 6.69. The lowest BCUT2D eigenvalue weighted by molar-refractivity contribution is -0.133. The molecule has 3 atom stereocenters. The Morgan fingerprint density at radius 1 is 0.578 bits per heavy atom. The number of amidine groups is 1. The number of esters is 1. The van der Waals surface area contributed by atoms with Crippen molar-refractivity contribution in [3.8, 4) is 11.5 Å². The number of nitrogen functional groups attached to an aromatic ring is 1. The molecule has 0 saturated carbocycles. The lowest BCUT2D eigenvalue weighted by atomic mass is 10.0. The molecule has 0 aromatic heterocycles. The van der Waals surface area contributed by atoms with Gasteiger partial charge in [0.15, 0.2) is 0 Å². The summed E-state index contributed by atoms with van der Waals surface area (Å²) in [6, 6.07) is 23.1. The van der Waals surface area contributed by atoms with Crippen molar-refractivity contribution in [2.24, 2.45) is 22.9 Å². The molecular formula is C47H63N9O8. The zero-order valence-corrected chi connectivity index (χ0v) is 36.3. The third-order valence-corrected chi connectivity index (χ3v) is 10.3. The van der Waals surface area contributed by atoms with E-state index in [0.29, 0.717) is 87.2 Å². The van der Waals surface area contributed by atoms with Gasteiger partial charge in [0.05, 0.1) is 12.1 Å². The van der Waals surface area contributed by atoms with Crippen LogP contribution in [0.15, 0.2) is 91.0 Å². The molecule has 17 heteroatoms. The number of carbonyl (C=O) groups is 5. The van der Waals surface area contributed by atoms with Crippen LogP contribution >= 0.6 is 0 Å². The van der Waals surface area contributed by atoms with Crippen molar-refractivity contribution in [3.05, 3.63) is 108 Å². The number of hydrogen-bond acceptors (Lipinski definition) is 12. The molecule has 0 aliphatic heterocycles. The Bertz CT molecular complexity index is 2120. The summed E-state index contributed by atoms with van der Waals surface area (Å²) in [5.74, 6) is -1.32. The Morgan fingerprint density at radius 2 is 1.11 bits per heavy atom. The highest BCUT2D eigenvalue weighted by molar-refractivity contribution is 5.99. The highest BCUT2D eigenvalue weighted by atomic mass is 16.5. The van der Waals surface area contributed by atoms with Crippen LogP contribution in [0.2, 0.25) is 0 Å². The molecular weight excluding hydrogens is 819 g/mol. The van der Waals surface area contributed by atoms with E-state index in [1.54, 1.807) is 60.7 Å². The number of nitrogens with two attached hydrogens (primary N) is 4. The lowest BCUT2D eigenvalue weighted by Gasteiger charge is -2.25. The standard InChI is InChI=1S/C47H63N9O8/c48-24-8-2-5-13-41(56-47(61)63-31-32-11-3-1-4-12-32)45(59)55-40(15-7-10-26-50)44(58)54-39(14-6-9-25-49)43(57)53-27-28-62-37-21-18-33(19-22-37)46(60)64-38-23-20-34-29-36(42(51)52)17-16-35(34)30-38/h1,3-4,11-12,16-23,29-30,39-41H,2,5-10,13-15,24-28,31,48-50H2,(H3,51,52)(H,53,57)(H,54,58)(H,55,59)(H,56,61)/t39-,40-,41-/m0/s1. The summed E-state index contributed by atoms with van der Waals surface area (Å²) in [5.41, 5.74) is 24.4. The second kappa shape index (κ2) is 27.5. The summed E-state index contributed by atoms with van der Waals surface area (Å²) in [6.07, 6.45) is 4.51.